The number of amides is 1. The highest BCUT2D eigenvalue weighted by Crippen LogP contribution is 2.34. The molecule has 33 heavy (non-hydrogen) atoms. The van der Waals surface area contributed by atoms with Gasteiger partial charge in [0, 0.05) is 0 Å². The molecule has 1 amide bonds. The maximum atomic E-state index is 12.6. The van der Waals surface area contributed by atoms with Crippen LogP contribution in [0.3, 0.4) is 0 Å². The lowest BCUT2D eigenvalue weighted by molar-refractivity contribution is 0.0958. The molecule has 1 heterocycles. The van der Waals surface area contributed by atoms with Crippen LogP contribution >= 0.6 is 11.3 Å². The Kier molecular flexibility index (Phi) is 7.12. The number of aromatic nitrogens is 1. The van der Waals surface area contributed by atoms with Crippen LogP contribution in [-0.2, 0) is 6.61 Å². The van der Waals surface area contributed by atoms with Crippen LogP contribution in [0.4, 0.5) is 0 Å². The topological polar surface area (TPSA) is 72.8 Å². The second kappa shape index (κ2) is 10.6. The first-order valence-corrected chi connectivity index (χ1v) is 11.2. The van der Waals surface area contributed by atoms with Gasteiger partial charge >= 0.3 is 0 Å². The van der Waals surface area contributed by atoms with Gasteiger partial charge in [-0.05, 0) is 54.4 Å². The monoisotopic (exact) mass is 457 g/mol. The zero-order chi connectivity index (χ0) is 23.0. The van der Waals surface area contributed by atoms with Crippen molar-refractivity contribution in [1.29, 1.82) is 0 Å². The fourth-order valence-corrected chi connectivity index (χ4v) is 4.14. The third-order valence-electron chi connectivity index (χ3n) is 4.85. The van der Waals surface area contributed by atoms with Gasteiger partial charge in [0.25, 0.3) is 5.91 Å². The minimum Gasteiger partial charge on any atom is -0.496 e. The summed E-state index contributed by atoms with van der Waals surface area (Å²) in [5.74, 6) is 1.18. The molecule has 0 atom stereocenters. The number of hydrazone groups is 1. The lowest BCUT2D eigenvalue weighted by Crippen LogP contribution is -2.17. The van der Waals surface area contributed by atoms with E-state index in [9.17, 15) is 4.79 Å². The second-order valence-electron chi connectivity index (χ2n) is 7.18. The van der Waals surface area contributed by atoms with Crippen LogP contribution in [0, 0.1) is 6.92 Å². The fraction of sp³-hybridized carbons (Fsp3) is 0.115. The van der Waals surface area contributed by atoms with Crippen LogP contribution in [0.2, 0.25) is 0 Å². The van der Waals surface area contributed by atoms with Crippen LogP contribution in [0.15, 0.2) is 84.0 Å². The van der Waals surface area contributed by atoms with Gasteiger partial charge in [0.05, 0.1) is 24.6 Å². The highest BCUT2D eigenvalue weighted by molar-refractivity contribution is 7.17. The Morgan fingerprint density at radius 2 is 1.76 bits per heavy atom. The van der Waals surface area contributed by atoms with Crippen molar-refractivity contribution in [3.05, 3.63) is 101 Å². The highest BCUT2D eigenvalue weighted by atomic mass is 32.1. The van der Waals surface area contributed by atoms with Crippen molar-refractivity contribution >= 4 is 23.5 Å². The summed E-state index contributed by atoms with van der Waals surface area (Å²) in [6.07, 6.45) is 1.59. The summed E-state index contributed by atoms with van der Waals surface area (Å²) in [6, 6.07) is 25.1. The average molecular weight is 458 g/mol. The Bertz CT molecular complexity index is 1250. The van der Waals surface area contributed by atoms with Crippen LogP contribution in [-0.4, -0.2) is 24.2 Å². The molecular formula is C26H23N3O3S. The minimum absolute atomic E-state index is 0.301. The fourth-order valence-electron chi connectivity index (χ4n) is 3.15. The number of hydrogen-bond donors (Lipinski definition) is 1. The molecule has 0 spiro atoms. The molecule has 7 heteroatoms. The number of carbonyl (C=O) groups excluding carboxylic acids is 1. The van der Waals surface area contributed by atoms with Crippen molar-refractivity contribution in [2.45, 2.75) is 13.5 Å². The molecule has 0 aliphatic carbocycles. The molecule has 166 valence electrons. The normalized spacial score (nSPS) is 10.8. The number of thiazole rings is 1. The molecular weight excluding hydrogens is 434 g/mol. The summed E-state index contributed by atoms with van der Waals surface area (Å²) in [5.41, 5.74) is 6.03. The average Bonchev–Trinajstić information content (AvgIpc) is 3.25. The summed E-state index contributed by atoms with van der Waals surface area (Å²) in [6.45, 7) is 2.32. The molecule has 0 saturated heterocycles. The van der Waals surface area contributed by atoms with Crippen molar-refractivity contribution in [1.82, 2.24) is 10.4 Å². The van der Waals surface area contributed by atoms with Gasteiger partial charge in [-0.15, -0.1) is 11.3 Å². The number of hydrogen-bond acceptors (Lipinski definition) is 6. The van der Waals surface area contributed by atoms with Crippen LogP contribution < -0.4 is 14.9 Å². The summed E-state index contributed by atoms with van der Waals surface area (Å²) >= 11 is 1.31. The quantitative estimate of drug-likeness (QED) is 0.281. The smallest absolute Gasteiger partial charge is 0.283 e. The van der Waals surface area contributed by atoms with Crippen LogP contribution in [0.25, 0.3) is 10.6 Å². The molecule has 0 fully saturated rings. The van der Waals surface area contributed by atoms with E-state index in [2.05, 4.69) is 15.5 Å². The number of ether oxygens (including phenoxy) is 2. The first-order chi connectivity index (χ1) is 16.1. The van der Waals surface area contributed by atoms with Crippen LogP contribution in [0.1, 0.15) is 26.5 Å². The van der Waals surface area contributed by atoms with E-state index >= 15 is 0 Å². The molecule has 6 nitrogen and oxygen atoms in total. The van der Waals surface area contributed by atoms with Gasteiger partial charge in [-0.25, -0.2) is 10.4 Å². The molecule has 0 aliphatic rings. The van der Waals surface area contributed by atoms with Crippen molar-refractivity contribution in [2.75, 3.05) is 7.11 Å². The maximum absolute atomic E-state index is 12.6. The van der Waals surface area contributed by atoms with Gasteiger partial charge in [-0.2, -0.15) is 5.10 Å². The van der Waals surface area contributed by atoms with Crippen molar-refractivity contribution in [3.63, 3.8) is 0 Å². The van der Waals surface area contributed by atoms with Gasteiger partial charge < -0.3 is 9.47 Å². The number of carbonyl (C=O) groups is 1. The first-order valence-electron chi connectivity index (χ1n) is 10.3. The van der Waals surface area contributed by atoms with Crippen molar-refractivity contribution in [3.8, 4) is 22.1 Å². The number of benzene rings is 3. The Hall–Kier alpha value is -3.97. The van der Waals surface area contributed by atoms with Gasteiger partial charge in [-0.1, -0.05) is 42.5 Å². The van der Waals surface area contributed by atoms with Crippen molar-refractivity contribution in [2.24, 2.45) is 5.10 Å². The third kappa shape index (κ3) is 5.64. The van der Waals surface area contributed by atoms with Crippen molar-refractivity contribution < 1.29 is 14.3 Å². The van der Waals surface area contributed by atoms with E-state index in [0.717, 1.165) is 27.4 Å². The van der Waals surface area contributed by atoms with Gasteiger partial charge in [-0.3, -0.25) is 4.79 Å². The molecule has 3 aromatic carbocycles. The maximum Gasteiger partial charge on any atom is 0.283 e. The number of nitrogens with one attached hydrogen (secondary N) is 1. The van der Waals surface area contributed by atoms with Gasteiger partial charge in [0.1, 0.15) is 28.0 Å². The second-order valence-corrected chi connectivity index (χ2v) is 8.18. The molecule has 0 unspecified atom stereocenters. The Labute approximate surface area is 196 Å². The van der Waals surface area contributed by atoms with Gasteiger partial charge in [0.15, 0.2) is 0 Å². The SMILES string of the molecule is COc1ccccc1-c1nc(C)c(C(=O)NN=Cc2ccc(OCc3ccccc3)cc2)s1. The van der Waals surface area contributed by atoms with E-state index in [-0.39, 0.29) is 5.91 Å². The van der Waals surface area contributed by atoms with E-state index in [1.54, 1.807) is 13.3 Å². The molecule has 1 aromatic heterocycles. The molecule has 0 radical (unpaired) electrons. The molecule has 1 N–H and O–H groups in total. The zero-order valence-electron chi connectivity index (χ0n) is 18.3. The van der Waals surface area contributed by atoms with E-state index in [4.69, 9.17) is 9.47 Å². The Morgan fingerprint density at radius 3 is 2.52 bits per heavy atom. The highest BCUT2D eigenvalue weighted by Gasteiger charge is 2.17. The predicted molar refractivity (Wildman–Crippen MR) is 131 cm³/mol. The summed E-state index contributed by atoms with van der Waals surface area (Å²) in [7, 11) is 1.61. The molecule has 0 saturated carbocycles. The van der Waals surface area contributed by atoms with E-state index in [1.807, 2.05) is 85.8 Å². The van der Waals surface area contributed by atoms with E-state index in [0.29, 0.717) is 22.9 Å². The molecule has 0 bridgehead atoms. The molecule has 0 aliphatic heterocycles. The largest absolute Gasteiger partial charge is 0.496 e. The zero-order valence-corrected chi connectivity index (χ0v) is 19.1. The number of para-hydroxylation sites is 1. The summed E-state index contributed by atoms with van der Waals surface area (Å²) in [5, 5.41) is 4.81. The van der Waals surface area contributed by atoms with E-state index in [1.165, 1.54) is 11.3 Å². The predicted octanol–water partition coefficient (Wildman–Crippen LogP) is 5.47. The van der Waals surface area contributed by atoms with Crippen LogP contribution in [0.5, 0.6) is 11.5 Å². The number of methoxy groups -OCH3 is 1. The standard InChI is InChI=1S/C26H23N3O3S/c1-18-24(33-26(28-18)22-10-6-7-11-23(22)31-2)25(30)29-27-16-19-12-14-21(15-13-19)32-17-20-8-4-3-5-9-20/h3-16H,17H2,1-2H3,(H,29,30). The Morgan fingerprint density at radius 1 is 1.03 bits per heavy atom. The summed E-state index contributed by atoms with van der Waals surface area (Å²) in [4.78, 5) is 17.7. The molecule has 4 aromatic rings. The minimum atomic E-state index is -0.301. The first kappa shape index (κ1) is 22.2. The van der Waals surface area contributed by atoms with E-state index < -0.39 is 0 Å². The number of nitrogens with zero attached hydrogens (tertiary/aromatic N) is 2. The van der Waals surface area contributed by atoms with Gasteiger partial charge in [0.2, 0.25) is 0 Å². The Balaban J connectivity index is 1.36. The number of rotatable bonds is 8. The lowest BCUT2D eigenvalue weighted by atomic mass is 10.2. The third-order valence-corrected chi connectivity index (χ3v) is 6.04. The molecule has 4 rings (SSSR count). The summed E-state index contributed by atoms with van der Waals surface area (Å²) < 4.78 is 11.2. The lowest BCUT2D eigenvalue weighted by Gasteiger charge is -2.06. The number of aryl methyl sites for hydroxylation is 1.